The maximum atomic E-state index is 12.4. The van der Waals surface area contributed by atoms with Gasteiger partial charge in [-0.3, -0.25) is 4.79 Å². The minimum atomic E-state index is -3.60. The van der Waals surface area contributed by atoms with Crippen molar-refractivity contribution in [3.8, 4) is 5.75 Å². The molecule has 8 heteroatoms. The Morgan fingerprint density at radius 3 is 2.36 bits per heavy atom. The minimum absolute atomic E-state index is 0.120. The van der Waals surface area contributed by atoms with Crippen molar-refractivity contribution in [3.63, 3.8) is 0 Å². The number of carbonyl (C=O) groups is 1. The van der Waals surface area contributed by atoms with E-state index >= 15 is 0 Å². The summed E-state index contributed by atoms with van der Waals surface area (Å²) in [6, 6.07) is 11.7. The van der Waals surface area contributed by atoms with Gasteiger partial charge in [0.25, 0.3) is 5.91 Å². The molecule has 0 fully saturated rings. The summed E-state index contributed by atoms with van der Waals surface area (Å²) in [6.45, 7) is 4.34. The summed E-state index contributed by atoms with van der Waals surface area (Å²) in [6.07, 6.45) is 0. The van der Waals surface area contributed by atoms with Crippen LogP contribution in [0.25, 0.3) is 0 Å². The number of methoxy groups -OCH3 is 1. The first kappa shape index (κ1) is 21.9. The Kier molecular flexibility index (Phi) is 7.56. The van der Waals surface area contributed by atoms with E-state index in [0.29, 0.717) is 5.75 Å². The number of benzene rings is 2. The van der Waals surface area contributed by atoms with Crippen LogP contribution < -0.4 is 14.4 Å². The fraction of sp³-hybridized carbons (Fsp3) is 0.350. The first-order valence-corrected chi connectivity index (χ1v) is 10.3. The van der Waals surface area contributed by atoms with Crippen LogP contribution >= 0.6 is 0 Å². The molecular weight excluding hydrogens is 380 g/mol. The molecule has 0 aliphatic carbocycles. The Morgan fingerprint density at radius 1 is 1.07 bits per heavy atom. The van der Waals surface area contributed by atoms with E-state index in [9.17, 15) is 13.2 Å². The number of hydrogen-bond acceptors (Lipinski definition) is 5. The van der Waals surface area contributed by atoms with Crippen molar-refractivity contribution in [2.75, 3.05) is 38.8 Å². The van der Waals surface area contributed by atoms with Crippen LogP contribution in [-0.2, 0) is 19.6 Å². The summed E-state index contributed by atoms with van der Waals surface area (Å²) in [5, 5.41) is 0. The molecule has 0 radical (unpaired) electrons. The van der Waals surface area contributed by atoms with E-state index < -0.39 is 10.0 Å². The van der Waals surface area contributed by atoms with Crippen molar-refractivity contribution in [2.45, 2.75) is 18.7 Å². The predicted octanol–water partition coefficient (Wildman–Crippen LogP) is 2.27. The molecular formula is C20H26N2O5S. The average Bonchev–Trinajstić information content (AvgIpc) is 2.68. The number of carbonyl (C=O) groups excluding carboxylic acids is 1. The van der Waals surface area contributed by atoms with E-state index in [4.69, 9.17) is 9.47 Å². The maximum absolute atomic E-state index is 12.4. The normalized spacial score (nSPS) is 11.3. The predicted molar refractivity (Wildman–Crippen MR) is 108 cm³/mol. The second-order valence-electron chi connectivity index (χ2n) is 6.37. The molecule has 0 aromatic heterocycles. The molecule has 152 valence electrons. The molecule has 2 rings (SSSR count). The Hall–Kier alpha value is -2.42. The molecule has 0 saturated heterocycles. The molecule has 0 heterocycles. The molecule has 1 amide bonds. The number of nitrogens with zero attached hydrogens (tertiary/aromatic N) is 1. The van der Waals surface area contributed by atoms with Crippen molar-refractivity contribution in [1.29, 1.82) is 0 Å². The Balaban J connectivity index is 1.95. The summed E-state index contributed by atoms with van der Waals surface area (Å²) >= 11 is 0. The van der Waals surface area contributed by atoms with Crippen molar-refractivity contribution < 1.29 is 22.7 Å². The smallest absolute Gasteiger partial charge is 0.264 e. The van der Waals surface area contributed by atoms with Crippen LogP contribution in [0.15, 0.2) is 47.4 Å². The third-order valence-corrected chi connectivity index (χ3v) is 5.82. The number of sulfonamides is 1. The summed E-state index contributed by atoms with van der Waals surface area (Å²) in [5.41, 5.74) is 3.06. The van der Waals surface area contributed by atoms with Gasteiger partial charge >= 0.3 is 0 Å². The van der Waals surface area contributed by atoms with E-state index in [1.807, 2.05) is 32.0 Å². The van der Waals surface area contributed by atoms with Gasteiger partial charge in [0.05, 0.1) is 11.5 Å². The zero-order valence-corrected chi connectivity index (χ0v) is 17.4. The van der Waals surface area contributed by atoms with Crippen molar-refractivity contribution in [3.05, 3.63) is 53.6 Å². The number of anilines is 1. The third kappa shape index (κ3) is 5.79. The summed E-state index contributed by atoms with van der Waals surface area (Å²) in [4.78, 5) is 14.0. The Morgan fingerprint density at radius 2 is 1.75 bits per heavy atom. The average molecular weight is 407 g/mol. The number of rotatable bonds is 9. The molecule has 28 heavy (non-hydrogen) atoms. The third-order valence-electron chi connectivity index (χ3n) is 4.35. The molecule has 0 bridgehead atoms. The minimum Gasteiger partial charge on any atom is -0.484 e. The highest BCUT2D eigenvalue weighted by atomic mass is 32.2. The van der Waals surface area contributed by atoms with Gasteiger partial charge in [0.15, 0.2) is 6.61 Å². The van der Waals surface area contributed by atoms with Gasteiger partial charge in [0, 0.05) is 26.4 Å². The number of ether oxygens (including phenoxy) is 2. The topological polar surface area (TPSA) is 84.9 Å². The quantitative estimate of drug-likeness (QED) is 0.646. The van der Waals surface area contributed by atoms with Gasteiger partial charge in [-0.1, -0.05) is 6.07 Å². The van der Waals surface area contributed by atoms with Gasteiger partial charge < -0.3 is 14.4 Å². The Bertz CT molecular complexity index is 911. The highest BCUT2D eigenvalue weighted by Gasteiger charge is 2.15. The van der Waals surface area contributed by atoms with Crippen LogP contribution in [0, 0.1) is 13.8 Å². The van der Waals surface area contributed by atoms with Gasteiger partial charge in [-0.25, -0.2) is 13.1 Å². The first-order chi connectivity index (χ1) is 13.2. The lowest BCUT2D eigenvalue weighted by molar-refractivity contribution is -0.120. The second-order valence-corrected chi connectivity index (χ2v) is 8.14. The molecule has 0 spiro atoms. The molecule has 1 N–H and O–H groups in total. The van der Waals surface area contributed by atoms with Crippen LogP contribution in [0.1, 0.15) is 11.1 Å². The standard InChI is InChI=1S/C20H26N2O5S/c1-15-5-6-17(13-16(15)2)22(3)20(23)14-27-18-7-9-19(10-8-18)28(24,25)21-11-12-26-4/h5-10,13,21H,11-12,14H2,1-4H3. The van der Waals surface area contributed by atoms with E-state index in [-0.39, 0.29) is 30.6 Å². The lowest BCUT2D eigenvalue weighted by Crippen LogP contribution is -2.31. The van der Waals surface area contributed by atoms with Crippen LogP contribution in [0.3, 0.4) is 0 Å². The number of likely N-dealkylation sites (N-methyl/N-ethyl adjacent to an activating group) is 1. The number of amides is 1. The first-order valence-electron chi connectivity index (χ1n) is 8.80. The lowest BCUT2D eigenvalue weighted by Gasteiger charge is -2.19. The fourth-order valence-electron chi connectivity index (χ4n) is 2.40. The van der Waals surface area contributed by atoms with Crippen molar-refractivity contribution in [2.24, 2.45) is 0 Å². The molecule has 2 aromatic carbocycles. The maximum Gasteiger partial charge on any atom is 0.264 e. The molecule has 0 atom stereocenters. The number of nitrogens with one attached hydrogen (secondary N) is 1. The van der Waals surface area contributed by atoms with Crippen molar-refractivity contribution in [1.82, 2.24) is 4.72 Å². The highest BCUT2D eigenvalue weighted by Crippen LogP contribution is 2.19. The molecule has 0 unspecified atom stereocenters. The number of aryl methyl sites for hydroxylation is 2. The molecule has 0 aliphatic rings. The zero-order valence-electron chi connectivity index (χ0n) is 16.6. The van der Waals surface area contributed by atoms with Gasteiger partial charge in [-0.05, 0) is 61.4 Å². The summed E-state index contributed by atoms with van der Waals surface area (Å²) in [5.74, 6) is 0.207. The SMILES string of the molecule is COCCNS(=O)(=O)c1ccc(OCC(=O)N(C)c2ccc(C)c(C)c2)cc1. The number of hydrogen-bond donors (Lipinski definition) is 1. The van der Waals surface area contributed by atoms with E-state index in [1.165, 1.54) is 36.3 Å². The largest absolute Gasteiger partial charge is 0.484 e. The van der Waals surface area contributed by atoms with E-state index in [0.717, 1.165) is 16.8 Å². The monoisotopic (exact) mass is 406 g/mol. The zero-order chi connectivity index (χ0) is 20.7. The Labute approximate surface area is 166 Å². The van der Waals surface area contributed by atoms with Gasteiger partial charge in [-0.2, -0.15) is 0 Å². The molecule has 2 aromatic rings. The second kappa shape index (κ2) is 9.68. The highest BCUT2D eigenvalue weighted by molar-refractivity contribution is 7.89. The van der Waals surface area contributed by atoms with Gasteiger partial charge in [0.1, 0.15) is 5.75 Å². The van der Waals surface area contributed by atoms with Crippen LogP contribution in [0.2, 0.25) is 0 Å². The van der Waals surface area contributed by atoms with Crippen LogP contribution in [0.5, 0.6) is 5.75 Å². The van der Waals surface area contributed by atoms with Crippen LogP contribution in [0.4, 0.5) is 5.69 Å². The van der Waals surface area contributed by atoms with Gasteiger partial charge in [-0.15, -0.1) is 0 Å². The van der Waals surface area contributed by atoms with E-state index in [2.05, 4.69) is 4.72 Å². The van der Waals surface area contributed by atoms with E-state index in [1.54, 1.807) is 7.05 Å². The van der Waals surface area contributed by atoms with Gasteiger partial charge in [0.2, 0.25) is 10.0 Å². The molecule has 0 saturated carbocycles. The fourth-order valence-corrected chi connectivity index (χ4v) is 3.41. The molecule has 7 nitrogen and oxygen atoms in total. The molecule has 0 aliphatic heterocycles. The van der Waals surface area contributed by atoms with Crippen LogP contribution in [-0.4, -0.2) is 48.2 Å². The lowest BCUT2D eigenvalue weighted by atomic mass is 10.1. The summed E-state index contributed by atoms with van der Waals surface area (Å²) < 4.78 is 37.0. The van der Waals surface area contributed by atoms with Crippen molar-refractivity contribution >= 4 is 21.6 Å². The summed E-state index contributed by atoms with van der Waals surface area (Å²) in [7, 11) is -0.408.